The molecule has 1 fully saturated rings. The van der Waals surface area contributed by atoms with Crippen molar-refractivity contribution in [2.24, 2.45) is 5.92 Å². The van der Waals surface area contributed by atoms with Crippen molar-refractivity contribution in [2.75, 3.05) is 20.2 Å². The van der Waals surface area contributed by atoms with Crippen LogP contribution >= 0.6 is 0 Å². The molecular formula is C16H21FN2O3. The van der Waals surface area contributed by atoms with Gasteiger partial charge in [-0.05, 0) is 23.6 Å². The van der Waals surface area contributed by atoms with Gasteiger partial charge in [-0.3, -0.25) is 9.59 Å². The molecule has 1 aromatic carbocycles. The van der Waals surface area contributed by atoms with Crippen LogP contribution in [0.1, 0.15) is 25.5 Å². The van der Waals surface area contributed by atoms with E-state index < -0.39 is 12.1 Å². The maximum Gasteiger partial charge on any atom is 0.251 e. The third-order valence-electron chi connectivity index (χ3n) is 3.64. The standard InChI is InChI=1S/C16H21FN2O3/c1-10(2)8-18-16(21)15-14(19(3)13(20)9-22-15)11-4-6-12(17)7-5-11/h4-7,10,14-15H,8-9H2,1-3H3,(H,18,21). The summed E-state index contributed by atoms with van der Waals surface area (Å²) >= 11 is 0. The summed E-state index contributed by atoms with van der Waals surface area (Å²) in [5.74, 6) is -0.518. The molecule has 2 unspecified atom stereocenters. The van der Waals surface area contributed by atoms with Crippen LogP contribution in [0.5, 0.6) is 0 Å². The summed E-state index contributed by atoms with van der Waals surface area (Å²) in [5, 5.41) is 2.82. The van der Waals surface area contributed by atoms with Gasteiger partial charge in [-0.1, -0.05) is 26.0 Å². The normalized spacial score (nSPS) is 22.0. The molecule has 2 atom stereocenters. The van der Waals surface area contributed by atoms with Gasteiger partial charge in [0.25, 0.3) is 5.91 Å². The monoisotopic (exact) mass is 308 g/mol. The highest BCUT2D eigenvalue weighted by molar-refractivity contribution is 5.86. The van der Waals surface area contributed by atoms with Crippen molar-refractivity contribution in [3.05, 3.63) is 35.6 Å². The van der Waals surface area contributed by atoms with Crippen molar-refractivity contribution in [2.45, 2.75) is 26.0 Å². The molecule has 1 aliphatic heterocycles. The van der Waals surface area contributed by atoms with Gasteiger partial charge in [-0.15, -0.1) is 0 Å². The maximum atomic E-state index is 13.1. The number of carbonyl (C=O) groups excluding carboxylic acids is 2. The van der Waals surface area contributed by atoms with Crippen molar-refractivity contribution >= 4 is 11.8 Å². The SMILES string of the molecule is CC(C)CNC(=O)C1OCC(=O)N(C)C1c1ccc(F)cc1. The van der Waals surface area contributed by atoms with Crippen molar-refractivity contribution in [3.8, 4) is 0 Å². The fourth-order valence-corrected chi connectivity index (χ4v) is 2.39. The fraction of sp³-hybridized carbons (Fsp3) is 0.500. The van der Waals surface area contributed by atoms with E-state index in [9.17, 15) is 14.0 Å². The van der Waals surface area contributed by atoms with Crippen LogP contribution in [-0.2, 0) is 14.3 Å². The number of benzene rings is 1. The Morgan fingerprint density at radius 2 is 2.05 bits per heavy atom. The minimum absolute atomic E-state index is 0.131. The molecule has 0 spiro atoms. The molecule has 0 bridgehead atoms. The fourth-order valence-electron chi connectivity index (χ4n) is 2.39. The van der Waals surface area contributed by atoms with E-state index >= 15 is 0 Å². The summed E-state index contributed by atoms with van der Waals surface area (Å²) in [5.41, 5.74) is 0.668. The van der Waals surface area contributed by atoms with Crippen LogP contribution < -0.4 is 5.32 Å². The molecule has 1 N–H and O–H groups in total. The van der Waals surface area contributed by atoms with Crippen LogP contribution in [0.3, 0.4) is 0 Å². The molecular weight excluding hydrogens is 287 g/mol. The Hall–Kier alpha value is -1.95. The van der Waals surface area contributed by atoms with Crippen LogP contribution in [0.2, 0.25) is 0 Å². The summed E-state index contributed by atoms with van der Waals surface area (Å²) in [7, 11) is 1.63. The van der Waals surface area contributed by atoms with Gasteiger partial charge in [0.15, 0.2) is 6.10 Å². The molecule has 1 heterocycles. The zero-order chi connectivity index (χ0) is 16.3. The lowest BCUT2D eigenvalue weighted by atomic mass is 9.97. The zero-order valence-corrected chi connectivity index (χ0v) is 13.0. The first kappa shape index (κ1) is 16.4. The highest BCUT2D eigenvalue weighted by atomic mass is 19.1. The summed E-state index contributed by atoms with van der Waals surface area (Å²) in [4.78, 5) is 25.7. The van der Waals surface area contributed by atoms with Crippen LogP contribution in [0.4, 0.5) is 4.39 Å². The van der Waals surface area contributed by atoms with Gasteiger partial charge in [0, 0.05) is 13.6 Å². The van der Waals surface area contributed by atoms with E-state index in [1.165, 1.54) is 17.0 Å². The first-order chi connectivity index (χ1) is 10.4. The molecule has 2 amide bonds. The van der Waals surface area contributed by atoms with Crippen LogP contribution in [-0.4, -0.2) is 43.0 Å². The number of hydrogen-bond acceptors (Lipinski definition) is 3. The third kappa shape index (κ3) is 3.62. The second-order valence-electron chi connectivity index (χ2n) is 5.87. The predicted molar refractivity (Wildman–Crippen MR) is 79.5 cm³/mol. The highest BCUT2D eigenvalue weighted by Crippen LogP contribution is 2.29. The minimum atomic E-state index is -0.799. The Balaban J connectivity index is 2.24. The molecule has 1 aliphatic rings. The van der Waals surface area contributed by atoms with Gasteiger partial charge in [-0.25, -0.2) is 4.39 Å². The Kier molecular flexibility index (Phi) is 5.13. The molecule has 6 heteroatoms. The lowest BCUT2D eigenvalue weighted by molar-refractivity contribution is -0.162. The van der Waals surface area contributed by atoms with E-state index in [0.29, 0.717) is 18.0 Å². The molecule has 0 aliphatic carbocycles. The van der Waals surface area contributed by atoms with Crippen molar-refractivity contribution in [1.82, 2.24) is 10.2 Å². The van der Waals surface area contributed by atoms with Gasteiger partial charge in [0.2, 0.25) is 5.91 Å². The summed E-state index contributed by atoms with van der Waals surface area (Å²) in [6, 6.07) is 5.20. The minimum Gasteiger partial charge on any atom is -0.356 e. The maximum absolute atomic E-state index is 13.1. The summed E-state index contributed by atoms with van der Waals surface area (Å²) in [6.45, 7) is 4.39. The largest absolute Gasteiger partial charge is 0.356 e. The van der Waals surface area contributed by atoms with Crippen LogP contribution in [0.15, 0.2) is 24.3 Å². The highest BCUT2D eigenvalue weighted by Gasteiger charge is 2.39. The molecule has 5 nitrogen and oxygen atoms in total. The molecule has 0 aromatic heterocycles. The zero-order valence-electron chi connectivity index (χ0n) is 13.0. The van der Waals surface area contributed by atoms with Gasteiger partial charge >= 0.3 is 0 Å². The average molecular weight is 308 g/mol. The number of nitrogens with zero attached hydrogens (tertiary/aromatic N) is 1. The quantitative estimate of drug-likeness (QED) is 0.917. The number of halogens is 1. The van der Waals surface area contributed by atoms with E-state index in [-0.39, 0.29) is 24.2 Å². The molecule has 120 valence electrons. The molecule has 1 saturated heterocycles. The second kappa shape index (κ2) is 6.87. The number of nitrogens with one attached hydrogen (secondary N) is 1. The summed E-state index contributed by atoms with van der Waals surface area (Å²) in [6.07, 6.45) is -0.799. The van der Waals surface area contributed by atoms with E-state index in [0.717, 1.165) is 0 Å². The van der Waals surface area contributed by atoms with Crippen LogP contribution in [0, 0.1) is 11.7 Å². The lowest BCUT2D eigenvalue weighted by Gasteiger charge is -2.38. The number of hydrogen-bond donors (Lipinski definition) is 1. The molecule has 1 aromatic rings. The van der Waals surface area contributed by atoms with Gasteiger partial charge in [-0.2, -0.15) is 0 Å². The van der Waals surface area contributed by atoms with E-state index in [2.05, 4.69) is 5.32 Å². The van der Waals surface area contributed by atoms with Crippen LogP contribution in [0.25, 0.3) is 0 Å². The number of rotatable bonds is 4. The number of ether oxygens (including phenoxy) is 1. The number of amides is 2. The first-order valence-corrected chi connectivity index (χ1v) is 7.30. The smallest absolute Gasteiger partial charge is 0.251 e. The van der Waals surface area contributed by atoms with E-state index in [4.69, 9.17) is 4.74 Å². The molecule has 22 heavy (non-hydrogen) atoms. The topological polar surface area (TPSA) is 58.6 Å². The molecule has 2 rings (SSSR count). The van der Waals surface area contributed by atoms with Crippen molar-refractivity contribution < 1.29 is 18.7 Å². The second-order valence-corrected chi connectivity index (χ2v) is 5.87. The predicted octanol–water partition coefficient (Wildman–Crippen LogP) is 1.50. The summed E-state index contributed by atoms with van der Waals surface area (Å²) < 4.78 is 18.6. The van der Waals surface area contributed by atoms with Gasteiger partial charge < -0.3 is 15.0 Å². The van der Waals surface area contributed by atoms with E-state index in [1.807, 2.05) is 13.8 Å². The van der Waals surface area contributed by atoms with E-state index in [1.54, 1.807) is 19.2 Å². The average Bonchev–Trinajstić information content (AvgIpc) is 2.48. The molecule has 0 radical (unpaired) electrons. The Labute approximate surface area is 129 Å². The Morgan fingerprint density at radius 1 is 1.41 bits per heavy atom. The number of carbonyl (C=O) groups is 2. The lowest BCUT2D eigenvalue weighted by Crippen LogP contribution is -2.53. The van der Waals surface area contributed by atoms with Crippen molar-refractivity contribution in [3.63, 3.8) is 0 Å². The van der Waals surface area contributed by atoms with Crippen molar-refractivity contribution in [1.29, 1.82) is 0 Å². The number of morpholine rings is 1. The molecule has 0 saturated carbocycles. The Morgan fingerprint density at radius 3 is 2.64 bits per heavy atom. The van der Waals surface area contributed by atoms with Gasteiger partial charge in [0.05, 0.1) is 6.04 Å². The Bertz CT molecular complexity index is 545. The number of likely N-dealkylation sites (N-methyl/N-ethyl adjacent to an activating group) is 1. The third-order valence-corrected chi connectivity index (χ3v) is 3.64. The first-order valence-electron chi connectivity index (χ1n) is 7.30. The van der Waals surface area contributed by atoms with Gasteiger partial charge in [0.1, 0.15) is 12.4 Å².